The lowest BCUT2D eigenvalue weighted by atomic mass is 10.1. The van der Waals surface area contributed by atoms with Gasteiger partial charge in [-0.05, 0) is 31.5 Å². The Bertz CT molecular complexity index is 555. The number of rotatable bonds is 9. The number of benzene rings is 1. The Labute approximate surface area is 126 Å². The molecule has 0 unspecified atom stereocenters. The fourth-order valence-electron chi connectivity index (χ4n) is 2.36. The summed E-state index contributed by atoms with van der Waals surface area (Å²) in [6, 6.07) is 7.80. The van der Waals surface area contributed by atoms with Crippen LogP contribution in [0.15, 0.2) is 24.3 Å². The number of unbranched alkanes of at least 4 members (excludes halogenated alkanes) is 5. The second-order valence-corrected chi connectivity index (χ2v) is 5.29. The van der Waals surface area contributed by atoms with Gasteiger partial charge in [-0.15, -0.1) is 0 Å². The number of nitrogen functional groups attached to an aromatic ring is 1. The molecule has 114 valence electrons. The summed E-state index contributed by atoms with van der Waals surface area (Å²) in [5, 5.41) is 4.16. The van der Waals surface area contributed by atoms with E-state index in [0.717, 1.165) is 36.8 Å². The lowest BCUT2D eigenvalue weighted by Crippen LogP contribution is -2.07. The van der Waals surface area contributed by atoms with Crippen molar-refractivity contribution in [2.45, 2.75) is 38.5 Å². The van der Waals surface area contributed by atoms with Crippen molar-refractivity contribution in [2.75, 3.05) is 24.1 Å². The summed E-state index contributed by atoms with van der Waals surface area (Å²) in [6.07, 6.45) is 7.27. The molecule has 1 aromatic carbocycles. The molecule has 0 fully saturated rings. The van der Waals surface area contributed by atoms with Gasteiger partial charge in [-0.3, -0.25) is 0 Å². The van der Waals surface area contributed by atoms with E-state index < -0.39 is 0 Å². The highest BCUT2D eigenvalue weighted by atomic mass is 15.1. The van der Waals surface area contributed by atoms with Gasteiger partial charge < -0.3 is 16.8 Å². The van der Waals surface area contributed by atoms with Crippen LogP contribution in [0.5, 0.6) is 0 Å². The van der Waals surface area contributed by atoms with E-state index in [4.69, 9.17) is 11.5 Å². The molecule has 21 heavy (non-hydrogen) atoms. The molecule has 0 aliphatic rings. The Hall–Kier alpha value is -1.88. The quantitative estimate of drug-likeness (QED) is 0.617. The molecule has 5 nitrogen and oxygen atoms in total. The zero-order valence-corrected chi connectivity index (χ0v) is 12.5. The molecule has 0 saturated heterocycles. The first-order valence-electron chi connectivity index (χ1n) is 7.77. The maximum atomic E-state index is 5.95. The Balaban J connectivity index is 1.74. The van der Waals surface area contributed by atoms with E-state index in [9.17, 15) is 0 Å². The average molecular weight is 287 g/mol. The number of aromatic nitrogens is 2. The summed E-state index contributed by atoms with van der Waals surface area (Å²) in [5.41, 5.74) is 12.3. The van der Waals surface area contributed by atoms with Crippen LogP contribution < -0.4 is 16.8 Å². The highest BCUT2D eigenvalue weighted by molar-refractivity contribution is 5.88. The highest BCUT2D eigenvalue weighted by Crippen LogP contribution is 2.18. The number of nitrogens with zero attached hydrogens (tertiary/aromatic N) is 2. The van der Waals surface area contributed by atoms with Crippen molar-refractivity contribution in [1.82, 2.24) is 9.97 Å². The van der Waals surface area contributed by atoms with E-state index in [-0.39, 0.29) is 0 Å². The van der Waals surface area contributed by atoms with Crippen LogP contribution in [0.3, 0.4) is 0 Å². The molecular formula is C16H25N5. The molecule has 2 aromatic rings. The number of anilines is 2. The van der Waals surface area contributed by atoms with E-state index in [0.29, 0.717) is 11.8 Å². The van der Waals surface area contributed by atoms with Crippen molar-refractivity contribution >= 4 is 22.7 Å². The SMILES string of the molecule is NCCCCCCCCNc1nc(N)c2ccccc2n1. The van der Waals surface area contributed by atoms with Gasteiger partial charge in [-0.1, -0.05) is 37.8 Å². The second kappa shape index (κ2) is 8.42. The largest absolute Gasteiger partial charge is 0.383 e. The van der Waals surface area contributed by atoms with Crippen molar-refractivity contribution in [1.29, 1.82) is 0 Å². The van der Waals surface area contributed by atoms with E-state index in [1.54, 1.807) is 0 Å². The summed E-state index contributed by atoms with van der Waals surface area (Å²) in [4.78, 5) is 8.78. The normalized spacial score (nSPS) is 10.9. The average Bonchev–Trinajstić information content (AvgIpc) is 2.50. The van der Waals surface area contributed by atoms with Gasteiger partial charge in [-0.2, -0.15) is 4.98 Å². The van der Waals surface area contributed by atoms with Crippen molar-refractivity contribution < 1.29 is 0 Å². The van der Waals surface area contributed by atoms with Gasteiger partial charge in [-0.25, -0.2) is 4.98 Å². The molecule has 5 heteroatoms. The first-order chi connectivity index (χ1) is 10.3. The van der Waals surface area contributed by atoms with Gasteiger partial charge in [0.15, 0.2) is 0 Å². The van der Waals surface area contributed by atoms with Crippen molar-refractivity contribution in [3.8, 4) is 0 Å². The summed E-state index contributed by atoms with van der Waals surface area (Å²) in [5.74, 6) is 1.15. The van der Waals surface area contributed by atoms with Crippen LogP contribution in [0, 0.1) is 0 Å². The van der Waals surface area contributed by atoms with Crippen LogP contribution in [0.25, 0.3) is 10.9 Å². The number of fused-ring (bicyclic) bond motifs is 1. The van der Waals surface area contributed by atoms with Gasteiger partial charge in [0.05, 0.1) is 5.52 Å². The molecule has 0 spiro atoms. The fourth-order valence-corrected chi connectivity index (χ4v) is 2.36. The van der Waals surface area contributed by atoms with Gasteiger partial charge in [0.1, 0.15) is 5.82 Å². The van der Waals surface area contributed by atoms with Crippen LogP contribution in [0.4, 0.5) is 11.8 Å². The highest BCUT2D eigenvalue weighted by Gasteiger charge is 2.03. The maximum absolute atomic E-state index is 5.95. The standard InChI is InChI=1S/C16H25N5/c17-11-7-3-1-2-4-8-12-19-16-20-14-10-6-5-9-13(14)15(18)21-16/h5-6,9-10H,1-4,7-8,11-12,17H2,(H3,18,19,20,21). The van der Waals surface area contributed by atoms with E-state index in [1.165, 1.54) is 25.7 Å². The van der Waals surface area contributed by atoms with Gasteiger partial charge in [0.2, 0.25) is 5.95 Å². The van der Waals surface area contributed by atoms with E-state index >= 15 is 0 Å². The Morgan fingerprint density at radius 1 is 0.905 bits per heavy atom. The van der Waals surface area contributed by atoms with E-state index in [2.05, 4.69) is 15.3 Å². The smallest absolute Gasteiger partial charge is 0.225 e. The fraction of sp³-hybridized carbons (Fsp3) is 0.500. The molecule has 0 aliphatic carbocycles. The minimum Gasteiger partial charge on any atom is -0.383 e. The first kappa shape index (κ1) is 15.5. The molecule has 0 bridgehead atoms. The summed E-state index contributed by atoms with van der Waals surface area (Å²) < 4.78 is 0. The zero-order valence-electron chi connectivity index (χ0n) is 12.5. The van der Waals surface area contributed by atoms with Crippen LogP contribution in [-0.4, -0.2) is 23.1 Å². The molecule has 0 saturated carbocycles. The molecule has 0 radical (unpaired) electrons. The van der Waals surface area contributed by atoms with Crippen LogP contribution >= 0.6 is 0 Å². The number of nitrogens with one attached hydrogen (secondary N) is 1. The minimum atomic E-state index is 0.532. The summed E-state index contributed by atoms with van der Waals surface area (Å²) in [6.45, 7) is 1.69. The summed E-state index contributed by atoms with van der Waals surface area (Å²) in [7, 11) is 0. The van der Waals surface area contributed by atoms with Gasteiger partial charge in [0.25, 0.3) is 0 Å². The molecular weight excluding hydrogens is 262 g/mol. The lowest BCUT2D eigenvalue weighted by molar-refractivity contribution is 0.605. The number of para-hydroxylation sites is 1. The van der Waals surface area contributed by atoms with Crippen LogP contribution in [0.2, 0.25) is 0 Å². The van der Waals surface area contributed by atoms with Crippen LogP contribution in [-0.2, 0) is 0 Å². The third-order valence-electron chi connectivity index (χ3n) is 3.55. The topological polar surface area (TPSA) is 89.8 Å². The molecule has 0 atom stereocenters. The number of hydrogen-bond acceptors (Lipinski definition) is 5. The van der Waals surface area contributed by atoms with Crippen molar-refractivity contribution in [2.24, 2.45) is 5.73 Å². The minimum absolute atomic E-state index is 0.532. The first-order valence-corrected chi connectivity index (χ1v) is 7.77. The number of hydrogen-bond donors (Lipinski definition) is 3. The lowest BCUT2D eigenvalue weighted by Gasteiger charge is -2.07. The Morgan fingerprint density at radius 2 is 1.62 bits per heavy atom. The molecule has 2 rings (SSSR count). The number of nitrogens with two attached hydrogens (primary N) is 2. The molecule has 1 aromatic heterocycles. The van der Waals surface area contributed by atoms with Crippen molar-refractivity contribution in [3.05, 3.63) is 24.3 Å². The maximum Gasteiger partial charge on any atom is 0.225 e. The Kier molecular flexibility index (Phi) is 6.22. The molecule has 0 aliphatic heterocycles. The third-order valence-corrected chi connectivity index (χ3v) is 3.55. The second-order valence-electron chi connectivity index (χ2n) is 5.29. The van der Waals surface area contributed by atoms with Gasteiger partial charge in [0, 0.05) is 11.9 Å². The molecule has 5 N–H and O–H groups in total. The Morgan fingerprint density at radius 3 is 2.43 bits per heavy atom. The molecule has 0 amide bonds. The third kappa shape index (κ3) is 4.86. The van der Waals surface area contributed by atoms with Crippen LogP contribution in [0.1, 0.15) is 38.5 Å². The predicted octanol–water partition coefficient (Wildman–Crippen LogP) is 2.92. The summed E-state index contributed by atoms with van der Waals surface area (Å²) >= 11 is 0. The zero-order chi connectivity index (χ0) is 14.9. The monoisotopic (exact) mass is 287 g/mol. The molecule has 1 heterocycles. The van der Waals surface area contributed by atoms with E-state index in [1.807, 2.05) is 24.3 Å². The predicted molar refractivity (Wildman–Crippen MR) is 89.2 cm³/mol. The van der Waals surface area contributed by atoms with Crippen molar-refractivity contribution in [3.63, 3.8) is 0 Å². The van der Waals surface area contributed by atoms with Gasteiger partial charge >= 0.3 is 0 Å².